The van der Waals surface area contributed by atoms with Gasteiger partial charge in [-0.15, -0.1) is 0 Å². The predicted molar refractivity (Wildman–Crippen MR) is 74.1 cm³/mol. The Labute approximate surface area is 136 Å². The summed E-state index contributed by atoms with van der Waals surface area (Å²) in [7, 11) is 0. The first-order valence-corrected chi connectivity index (χ1v) is 7.99. The molecule has 0 saturated heterocycles. The van der Waals surface area contributed by atoms with Gasteiger partial charge in [-0.25, -0.2) is 0 Å². The molecule has 1 nitrogen and oxygen atoms in total. The Balaban J connectivity index is 5.00. The van der Waals surface area contributed by atoms with Crippen LogP contribution in [-0.2, 0) is 0 Å². The molecule has 0 aliphatic heterocycles. The fourth-order valence-corrected chi connectivity index (χ4v) is 2.18. The lowest BCUT2D eigenvalue weighted by atomic mass is 9.92. The minimum atomic E-state index is -6.18. The monoisotopic (exact) mass is 372 g/mol. The van der Waals surface area contributed by atoms with Crippen LogP contribution in [0.5, 0.6) is 0 Å². The Bertz CT molecular complexity index is 357. The van der Waals surface area contributed by atoms with Crippen LogP contribution < -0.4 is 0 Å². The van der Waals surface area contributed by atoms with Crippen LogP contribution >= 0.6 is 0 Å². The number of alkyl halides is 8. The molecule has 0 bridgehead atoms. The molecule has 24 heavy (non-hydrogen) atoms. The first-order chi connectivity index (χ1) is 10.9. The molecule has 0 aromatic rings. The molecule has 1 N–H and O–H groups in total. The first-order valence-electron chi connectivity index (χ1n) is 7.99. The van der Waals surface area contributed by atoms with E-state index in [1.807, 2.05) is 6.92 Å². The van der Waals surface area contributed by atoms with Crippen LogP contribution in [-0.4, -0.2) is 35.4 Å². The molecule has 0 atom stereocenters. The van der Waals surface area contributed by atoms with Gasteiger partial charge in [0.25, 0.3) is 0 Å². The molecule has 0 spiro atoms. The zero-order chi connectivity index (χ0) is 19.1. The lowest BCUT2D eigenvalue weighted by Gasteiger charge is -2.37. The Kier molecular flexibility index (Phi) is 8.97. The standard InChI is InChI=1S/C15H24F8O/c1-2-3-4-5-6-9-12(16,17)14(20,21)15(22,23)13(18,19)10-7-8-11-24/h24H,2-11H2,1H3. The number of rotatable bonds is 13. The highest BCUT2D eigenvalue weighted by Gasteiger charge is 2.79. The zero-order valence-corrected chi connectivity index (χ0v) is 13.5. The van der Waals surface area contributed by atoms with Gasteiger partial charge in [-0.3, -0.25) is 0 Å². The Morgan fingerprint density at radius 3 is 1.33 bits per heavy atom. The van der Waals surface area contributed by atoms with Crippen LogP contribution in [0.4, 0.5) is 35.1 Å². The average molecular weight is 372 g/mol. The summed E-state index contributed by atoms with van der Waals surface area (Å²) in [5, 5.41) is 8.41. The second-order valence-corrected chi connectivity index (χ2v) is 5.90. The molecule has 0 unspecified atom stereocenters. The van der Waals surface area contributed by atoms with E-state index in [1.165, 1.54) is 0 Å². The average Bonchev–Trinajstić information content (AvgIpc) is 2.46. The van der Waals surface area contributed by atoms with Crippen LogP contribution in [0.2, 0.25) is 0 Å². The maximum absolute atomic E-state index is 13.5. The first kappa shape index (κ1) is 23.4. The Hall–Kier alpha value is -0.600. The summed E-state index contributed by atoms with van der Waals surface area (Å²) >= 11 is 0. The normalized spacial score (nSPS) is 14.2. The quantitative estimate of drug-likeness (QED) is 0.308. The molecule has 0 amide bonds. The summed E-state index contributed by atoms with van der Waals surface area (Å²) in [5.41, 5.74) is 0. The molecular formula is C15H24F8O. The number of unbranched alkanes of at least 4 members (excludes halogenated alkanes) is 5. The molecule has 0 saturated carbocycles. The van der Waals surface area contributed by atoms with E-state index in [9.17, 15) is 35.1 Å². The van der Waals surface area contributed by atoms with E-state index in [1.54, 1.807) is 0 Å². The number of hydrogen-bond donors (Lipinski definition) is 1. The Morgan fingerprint density at radius 2 is 0.958 bits per heavy atom. The molecule has 0 aliphatic rings. The summed E-state index contributed by atoms with van der Waals surface area (Å²) < 4.78 is 108. The number of hydrogen-bond acceptors (Lipinski definition) is 1. The van der Waals surface area contributed by atoms with Crippen molar-refractivity contribution < 1.29 is 40.2 Å². The summed E-state index contributed by atoms with van der Waals surface area (Å²) in [5.74, 6) is -22.9. The molecule has 0 aromatic heterocycles. The number of halogens is 8. The third-order valence-corrected chi connectivity index (χ3v) is 3.81. The highest BCUT2D eigenvalue weighted by molar-refractivity contribution is 5.03. The summed E-state index contributed by atoms with van der Waals surface area (Å²) in [4.78, 5) is 0. The number of aliphatic hydroxyl groups is 1. The smallest absolute Gasteiger partial charge is 0.378 e. The minimum absolute atomic E-state index is 0.137. The van der Waals surface area contributed by atoms with Crippen LogP contribution in [0.1, 0.15) is 64.7 Å². The maximum atomic E-state index is 13.5. The molecule has 0 heterocycles. The highest BCUT2D eigenvalue weighted by atomic mass is 19.4. The fraction of sp³-hybridized carbons (Fsp3) is 1.00. The lowest BCUT2D eigenvalue weighted by molar-refractivity contribution is -0.368. The van der Waals surface area contributed by atoms with Crippen molar-refractivity contribution in [2.45, 2.75) is 88.4 Å². The van der Waals surface area contributed by atoms with Gasteiger partial charge in [0.15, 0.2) is 0 Å². The topological polar surface area (TPSA) is 20.2 Å². The van der Waals surface area contributed by atoms with Gasteiger partial charge in [0.1, 0.15) is 0 Å². The third-order valence-electron chi connectivity index (χ3n) is 3.81. The van der Waals surface area contributed by atoms with Gasteiger partial charge in [0.2, 0.25) is 0 Å². The van der Waals surface area contributed by atoms with Crippen molar-refractivity contribution in [1.82, 2.24) is 0 Å². The van der Waals surface area contributed by atoms with Crippen LogP contribution in [0, 0.1) is 0 Å². The van der Waals surface area contributed by atoms with Crippen molar-refractivity contribution >= 4 is 0 Å². The molecule has 9 heteroatoms. The van der Waals surface area contributed by atoms with Gasteiger partial charge in [0, 0.05) is 19.4 Å². The largest absolute Gasteiger partial charge is 0.396 e. The van der Waals surface area contributed by atoms with E-state index in [0.29, 0.717) is 12.8 Å². The van der Waals surface area contributed by atoms with Gasteiger partial charge in [-0.1, -0.05) is 32.6 Å². The second kappa shape index (κ2) is 9.20. The van der Waals surface area contributed by atoms with Gasteiger partial charge in [0.05, 0.1) is 0 Å². The molecule has 146 valence electrons. The van der Waals surface area contributed by atoms with Gasteiger partial charge < -0.3 is 5.11 Å². The van der Waals surface area contributed by atoms with Gasteiger partial charge >= 0.3 is 23.7 Å². The minimum Gasteiger partial charge on any atom is -0.396 e. The van der Waals surface area contributed by atoms with E-state index in [4.69, 9.17) is 5.11 Å². The van der Waals surface area contributed by atoms with Crippen LogP contribution in [0.25, 0.3) is 0 Å². The summed E-state index contributed by atoms with van der Waals surface area (Å²) in [6, 6.07) is 0. The molecule has 0 aromatic carbocycles. The fourth-order valence-electron chi connectivity index (χ4n) is 2.18. The summed E-state index contributed by atoms with van der Waals surface area (Å²) in [6.45, 7) is 1.24. The van der Waals surface area contributed by atoms with E-state index in [2.05, 4.69) is 0 Å². The Morgan fingerprint density at radius 1 is 0.583 bits per heavy atom. The van der Waals surface area contributed by atoms with E-state index in [-0.39, 0.29) is 12.8 Å². The van der Waals surface area contributed by atoms with E-state index in [0.717, 1.165) is 6.42 Å². The van der Waals surface area contributed by atoms with Gasteiger partial charge in [-0.05, 0) is 19.3 Å². The molecule has 0 aliphatic carbocycles. The van der Waals surface area contributed by atoms with E-state index < -0.39 is 56.0 Å². The summed E-state index contributed by atoms with van der Waals surface area (Å²) in [6.07, 6.45) is -2.66. The third kappa shape index (κ3) is 5.46. The maximum Gasteiger partial charge on any atom is 0.378 e. The molecule has 0 fully saturated rings. The molecule has 0 radical (unpaired) electrons. The van der Waals surface area contributed by atoms with Crippen molar-refractivity contribution in [2.24, 2.45) is 0 Å². The predicted octanol–water partition coefficient (Wildman–Crippen LogP) is 6.05. The number of aliphatic hydroxyl groups excluding tert-OH is 1. The van der Waals surface area contributed by atoms with Crippen LogP contribution in [0.3, 0.4) is 0 Å². The molecule has 0 rings (SSSR count). The van der Waals surface area contributed by atoms with E-state index >= 15 is 0 Å². The zero-order valence-electron chi connectivity index (χ0n) is 13.5. The van der Waals surface area contributed by atoms with Gasteiger partial charge in [-0.2, -0.15) is 35.1 Å². The van der Waals surface area contributed by atoms with Crippen LogP contribution in [0.15, 0.2) is 0 Å². The highest BCUT2D eigenvalue weighted by Crippen LogP contribution is 2.55. The van der Waals surface area contributed by atoms with Crippen molar-refractivity contribution in [2.75, 3.05) is 6.61 Å². The van der Waals surface area contributed by atoms with Crippen molar-refractivity contribution in [1.29, 1.82) is 0 Å². The second-order valence-electron chi connectivity index (χ2n) is 5.90. The SMILES string of the molecule is CCCCCCCC(F)(F)C(F)(F)C(F)(F)C(F)(F)CCCCO. The molecular weight excluding hydrogens is 348 g/mol. The van der Waals surface area contributed by atoms with Crippen molar-refractivity contribution in [3.05, 3.63) is 0 Å². The van der Waals surface area contributed by atoms with Crippen molar-refractivity contribution in [3.8, 4) is 0 Å². The lowest BCUT2D eigenvalue weighted by Crippen LogP contribution is -2.62. The van der Waals surface area contributed by atoms with Crippen molar-refractivity contribution in [3.63, 3.8) is 0 Å².